The molecule has 1 heterocycles. The van der Waals surface area contributed by atoms with Gasteiger partial charge in [-0.15, -0.1) is 0 Å². The summed E-state index contributed by atoms with van der Waals surface area (Å²) in [7, 11) is 0. The van der Waals surface area contributed by atoms with Gasteiger partial charge in [0.25, 0.3) is 0 Å². The van der Waals surface area contributed by atoms with Gasteiger partial charge in [-0.3, -0.25) is 4.79 Å². The van der Waals surface area contributed by atoms with Gasteiger partial charge in [0.2, 0.25) is 5.91 Å². The van der Waals surface area contributed by atoms with E-state index in [9.17, 15) is 4.79 Å². The lowest BCUT2D eigenvalue weighted by molar-refractivity contribution is -0.121. The van der Waals surface area contributed by atoms with Crippen LogP contribution in [-0.2, 0) is 4.79 Å². The number of rotatable bonds is 7. The topological polar surface area (TPSA) is 44.4 Å². The van der Waals surface area contributed by atoms with Gasteiger partial charge in [-0.25, -0.2) is 0 Å². The Bertz CT molecular complexity index is 258. The molecule has 18 heavy (non-hydrogen) atoms. The highest BCUT2D eigenvalue weighted by atomic mass is 16.1. The van der Waals surface area contributed by atoms with Crippen LogP contribution in [0.2, 0.25) is 0 Å². The number of likely N-dealkylation sites (tertiary alicyclic amines) is 1. The molecule has 1 saturated heterocycles. The first-order chi connectivity index (χ1) is 8.78. The van der Waals surface area contributed by atoms with E-state index in [1.54, 1.807) is 0 Å². The number of carbonyl (C=O) groups excluding carboxylic acids is 1. The number of nitrogens with zero attached hydrogens (tertiary/aromatic N) is 1. The average Bonchev–Trinajstić information content (AvgIpc) is 3.19. The average molecular weight is 253 g/mol. The molecule has 0 spiro atoms. The van der Waals surface area contributed by atoms with E-state index in [-0.39, 0.29) is 5.91 Å². The van der Waals surface area contributed by atoms with E-state index >= 15 is 0 Å². The third-order valence-electron chi connectivity index (χ3n) is 3.99. The second-order valence-corrected chi connectivity index (χ2v) is 5.68. The Morgan fingerprint density at radius 3 is 2.56 bits per heavy atom. The van der Waals surface area contributed by atoms with Gasteiger partial charge in [-0.1, -0.05) is 6.92 Å². The maximum atomic E-state index is 11.6. The minimum Gasteiger partial charge on any atom is -0.353 e. The van der Waals surface area contributed by atoms with Crippen LogP contribution < -0.4 is 10.6 Å². The summed E-state index contributed by atoms with van der Waals surface area (Å²) in [6, 6.07) is 0.503. The molecule has 0 radical (unpaired) electrons. The fraction of sp³-hybridized carbons (Fsp3) is 0.929. The maximum absolute atomic E-state index is 11.6. The van der Waals surface area contributed by atoms with E-state index < -0.39 is 0 Å². The van der Waals surface area contributed by atoms with Gasteiger partial charge < -0.3 is 15.5 Å². The van der Waals surface area contributed by atoms with Gasteiger partial charge in [0.1, 0.15) is 0 Å². The second-order valence-electron chi connectivity index (χ2n) is 5.68. The van der Waals surface area contributed by atoms with E-state index in [1.165, 1.54) is 25.7 Å². The molecule has 1 saturated carbocycles. The Balaban J connectivity index is 1.53. The Hall–Kier alpha value is -0.610. The van der Waals surface area contributed by atoms with Crippen molar-refractivity contribution in [2.24, 2.45) is 5.92 Å². The largest absolute Gasteiger partial charge is 0.353 e. The van der Waals surface area contributed by atoms with Gasteiger partial charge in [-0.2, -0.15) is 0 Å². The summed E-state index contributed by atoms with van der Waals surface area (Å²) in [5.41, 5.74) is 0. The van der Waals surface area contributed by atoms with E-state index in [2.05, 4.69) is 22.5 Å². The fourth-order valence-electron chi connectivity index (χ4n) is 2.55. The minimum absolute atomic E-state index is 0.243. The van der Waals surface area contributed by atoms with Crippen LogP contribution in [0.15, 0.2) is 0 Å². The van der Waals surface area contributed by atoms with E-state index in [0.717, 1.165) is 38.6 Å². The van der Waals surface area contributed by atoms with E-state index in [1.807, 2.05) is 0 Å². The molecule has 2 fully saturated rings. The predicted molar refractivity (Wildman–Crippen MR) is 73.5 cm³/mol. The second kappa shape index (κ2) is 7.10. The summed E-state index contributed by atoms with van der Waals surface area (Å²) in [6.45, 7) is 7.65. The van der Waals surface area contributed by atoms with Gasteiger partial charge >= 0.3 is 0 Å². The molecule has 4 nitrogen and oxygen atoms in total. The number of hydrogen-bond acceptors (Lipinski definition) is 3. The van der Waals surface area contributed by atoms with Crippen LogP contribution in [0.3, 0.4) is 0 Å². The predicted octanol–water partition coefficient (Wildman–Crippen LogP) is 0.977. The number of carbonyl (C=O) groups is 1. The SMILES string of the molecule is CCNCC1CCN(CCC(=O)NC2CC2)CC1. The van der Waals surface area contributed by atoms with Crippen LogP contribution in [0.25, 0.3) is 0 Å². The molecule has 0 atom stereocenters. The van der Waals surface area contributed by atoms with Gasteiger partial charge in [-0.05, 0) is 57.8 Å². The zero-order valence-electron chi connectivity index (χ0n) is 11.6. The summed E-state index contributed by atoms with van der Waals surface area (Å²) in [4.78, 5) is 14.0. The summed E-state index contributed by atoms with van der Waals surface area (Å²) in [5, 5.41) is 6.48. The molecule has 2 rings (SSSR count). The molecule has 2 aliphatic rings. The first-order valence-electron chi connectivity index (χ1n) is 7.50. The molecule has 1 amide bonds. The Labute approximate surface area is 110 Å². The molecule has 0 aromatic rings. The first-order valence-corrected chi connectivity index (χ1v) is 7.50. The smallest absolute Gasteiger partial charge is 0.221 e. The van der Waals surface area contributed by atoms with Gasteiger partial charge in [0, 0.05) is 19.0 Å². The van der Waals surface area contributed by atoms with Crippen molar-refractivity contribution in [3.63, 3.8) is 0 Å². The lowest BCUT2D eigenvalue weighted by Gasteiger charge is -2.31. The highest BCUT2D eigenvalue weighted by Gasteiger charge is 2.24. The summed E-state index contributed by atoms with van der Waals surface area (Å²) in [5.74, 6) is 1.08. The molecule has 1 aliphatic heterocycles. The van der Waals surface area contributed by atoms with Crippen LogP contribution >= 0.6 is 0 Å². The highest BCUT2D eigenvalue weighted by molar-refractivity contribution is 5.76. The zero-order valence-corrected chi connectivity index (χ0v) is 11.6. The van der Waals surface area contributed by atoms with Crippen LogP contribution in [0.5, 0.6) is 0 Å². The standard InChI is InChI=1S/C14H27N3O/c1-2-15-11-12-5-8-17(9-6-12)10-7-14(18)16-13-3-4-13/h12-13,15H,2-11H2,1H3,(H,16,18). The molecular weight excluding hydrogens is 226 g/mol. The molecule has 2 N–H and O–H groups in total. The first kappa shape index (κ1) is 13.8. The number of hydrogen-bond donors (Lipinski definition) is 2. The Kier molecular flexibility index (Phi) is 5.45. The molecule has 104 valence electrons. The Morgan fingerprint density at radius 1 is 1.22 bits per heavy atom. The third-order valence-corrected chi connectivity index (χ3v) is 3.99. The van der Waals surface area contributed by atoms with E-state index in [4.69, 9.17) is 0 Å². The van der Waals surface area contributed by atoms with Crippen molar-refractivity contribution >= 4 is 5.91 Å². The van der Waals surface area contributed by atoms with Gasteiger partial charge in [0.05, 0.1) is 0 Å². The quantitative estimate of drug-likeness (QED) is 0.711. The van der Waals surface area contributed by atoms with Crippen LogP contribution in [-0.4, -0.2) is 49.6 Å². The van der Waals surface area contributed by atoms with Crippen molar-refractivity contribution in [1.29, 1.82) is 0 Å². The maximum Gasteiger partial charge on any atom is 0.221 e. The van der Waals surface area contributed by atoms with Crippen molar-refractivity contribution < 1.29 is 4.79 Å². The minimum atomic E-state index is 0.243. The molecule has 0 aromatic carbocycles. The normalized spacial score (nSPS) is 22.1. The van der Waals surface area contributed by atoms with Crippen molar-refractivity contribution in [3.8, 4) is 0 Å². The van der Waals surface area contributed by atoms with Crippen molar-refractivity contribution in [2.45, 2.75) is 45.1 Å². The number of amides is 1. The van der Waals surface area contributed by atoms with Crippen molar-refractivity contribution in [3.05, 3.63) is 0 Å². The summed E-state index contributed by atoms with van der Waals surface area (Å²) >= 11 is 0. The lowest BCUT2D eigenvalue weighted by Crippen LogP contribution is -2.39. The van der Waals surface area contributed by atoms with Crippen LogP contribution in [0.1, 0.15) is 39.0 Å². The van der Waals surface area contributed by atoms with E-state index in [0.29, 0.717) is 12.5 Å². The van der Waals surface area contributed by atoms with Crippen molar-refractivity contribution in [2.75, 3.05) is 32.7 Å². The van der Waals surface area contributed by atoms with Gasteiger partial charge in [0.15, 0.2) is 0 Å². The summed E-state index contributed by atoms with van der Waals surface area (Å²) < 4.78 is 0. The third kappa shape index (κ3) is 4.94. The van der Waals surface area contributed by atoms with Crippen LogP contribution in [0.4, 0.5) is 0 Å². The van der Waals surface area contributed by atoms with Crippen LogP contribution in [0, 0.1) is 5.92 Å². The monoisotopic (exact) mass is 253 g/mol. The summed E-state index contributed by atoms with van der Waals surface area (Å²) in [6.07, 6.45) is 5.59. The lowest BCUT2D eigenvalue weighted by atomic mass is 9.96. The molecule has 0 aromatic heterocycles. The molecule has 1 aliphatic carbocycles. The molecule has 0 bridgehead atoms. The number of piperidine rings is 1. The fourth-order valence-corrected chi connectivity index (χ4v) is 2.55. The highest BCUT2D eigenvalue weighted by Crippen LogP contribution is 2.19. The zero-order chi connectivity index (χ0) is 12.8. The molecule has 0 unspecified atom stereocenters. The Morgan fingerprint density at radius 2 is 1.94 bits per heavy atom. The number of nitrogens with one attached hydrogen (secondary N) is 2. The van der Waals surface area contributed by atoms with Crippen molar-refractivity contribution in [1.82, 2.24) is 15.5 Å². The molecular formula is C14H27N3O. The molecule has 4 heteroatoms.